The summed E-state index contributed by atoms with van der Waals surface area (Å²) in [4.78, 5) is 56.5. The molecule has 3 atom stereocenters. The number of aliphatic hydroxyl groups excluding tert-OH is 1. The minimum absolute atomic E-state index is 0.0109. The van der Waals surface area contributed by atoms with Crippen LogP contribution in [0.2, 0.25) is 0 Å². The van der Waals surface area contributed by atoms with Gasteiger partial charge in [-0.2, -0.15) is 0 Å². The molecule has 2 rings (SSSR count). The molecule has 0 spiro atoms. The molecule has 0 bridgehead atoms. The van der Waals surface area contributed by atoms with Gasteiger partial charge in [-0.3, -0.25) is 14.4 Å². The number of unbranched alkanes of at least 4 members (excludes halogenated alkanes) is 1. The van der Waals surface area contributed by atoms with Crippen LogP contribution in [0.15, 0.2) is 18.2 Å². The molecular weight excluding hydrogens is 452 g/mol. The first-order valence-corrected chi connectivity index (χ1v) is 10.7. The van der Waals surface area contributed by atoms with Crippen molar-refractivity contribution >= 4 is 30.5 Å². The van der Waals surface area contributed by atoms with Crippen LogP contribution >= 0.6 is 0 Å². The van der Waals surface area contributed by atoms with Crippen molar-refractivity contribution in [2.45, 2.75) is 57.2 Å². The van der Waals surface area contributed by atoms with Crippen LogP contribution in [0.5, 0.6) is 5.75 Å². The molecule has 4 N–H and O–H groups in total. The highest BCUT2D eigenvalue weighted by molar-refractivity contribution is 5.97. The lowest BCUT2D eigenvalue weighted by molar-refractivity contribution is -0.195. The van der Waals surface area contributed by atoms with Gasteiger partial charge >= 0.3 is 5.97 Å². The maximum Gasteiger partial charge on any atom is 0.333 e. The van der Waals surface area contributed by atoms with E-state index in [1.54, 1.807) is 6.07 Å². The summed E-state index contributed by atoms with van der Waals surface area (Å²) >= 11 is 0. The van der Waals surface area contributed by atoms with E-state index in [1.807, 2.05) is 0 Å². The highest BCUT2D eigenvalue weighted by Crippen LogP contribution is 2.27. The molecule has 1 saturated heterocycles. The number of nitrogens with one attached hydrogen (secondary N) is 2. The first kappa shape index (κ1) is 26.7. The van der Waals surface area contributed by atoms with Crippen molar-refractivity contribution in [2.75, 3.05) is 13.1 Å². The molecule has 2 unspecified atom stereocenters. The third-order valence-corrected chi connectivity index (χ3v) is 4.87. The molecular formula is C22H28N2O10. The predicted octanol–water partition coefficient (Wildman–Crippen LogP) is -0.0958. The zero-order chi connectivity index (χ0) is 24.9. The molecule has 1 fully saturated rings. The number of rotatable bonds is 14. The van der Waals surface area contributed by atoms with Gasteiger partial charge in [0.15, 0.2) is 6.10 Å². The molecule has 1 aliphatic heterocycles. The van der Waals surface area contributed by atoms with Gasteiger partial charge in [0, 0.05) is 38.8 Å². The summed E-state index contributed by atoms with van der Waals surface area (Å²) < 4.78 is 15.8. The second kappa shape index (κ2) is 13.9. The van der Waals surface area contributed by atoms with Crippen LogP contribution in [0, 0.1) is 0 Å². The van der Waals surface area contributed by atoms with Gasteiger partial charge in [0.1, 0.15) is 18.6 Å². The molecule has 0 saturated carbocycles. The van der Waals surface area contributed by atoms with Crippen molar-refractivity contribution in [3.63, 3.8) is 0 Å². The third kappa shape index (κ3) is 8.79. The number of hydrogen-bond acceptors (Lipinski definition) is 9. The van der Waals surface area contributed by atoms with E-state index in [0.717, 1.165) is 6.29 Å². The fraction of sp³-hybridized carbons (Fsp3) is 0.500. The van der Waals surface area contributed by atoms with Crippen molar-refractivity contribution in [2.24, 2.45) is 0 Å². The molecule has 186 valence electrons. The molecule has 12 heteroatoms. The van der Waals surface area contributed by atoms with Crippen molar-refractivity contribution in [3.05, 3.63) is 29.3 Å². The van der Waals surface area contributed by atoms with Gasteiger partial charge in [-0.05, 0) is 24.1 Å². The van der Waals surface area contributed by atoms with Gasteiger partial charge in [-0.1, -0.05) is 6.07 Å². The third-order valence-electron chi connectivity index (χ3n) is 4.87. The summed E-state index contributed by atoms with van der Waals surface area (Å²) in [5, 5.41) is 24.4. The van der Waals surface area contributed by atoms with E-state index in [1.165, 1.54) is 12.1 Å². The quantitative estimate of drug-likeness (QED) is 0.208. The molecule has 0 radical (unpaired) electrons. The minimum Gasteiger partial charge on any atom is -0.479 e. The Morgan fingerprint density at radius 1 is 1.15 bits per heavy atom. The molecule has 0 aromatic heterocycles. The van der Waals surface area contributed by atoms with Crippen molar-refractivity contribution < 1.29 is 48.4 Å². The van der Waals surface area contributed by atoms with Crippen LogP contribution < -0.4 is 15.4 Å². The Bertz CT molecular complexity index is 875. The van der Waals surface area contributed by atoms with Crippen molar-refractivity contribution in [1.82, 2.24) is 10.6 Å². The fourth-order valence-electron chi connectivity index (χ4n) is 3.22. The highest BCUT2D eigenvalue weighted by Gasteiger charge is 2.34. The van der Waals surface area contributed by atoms with Crippen LogP contribution in [-0.4, -0.2) is 72.3 Å². The second-order valence-electron chi connectivity index (χ2n) is 7.54. The van der Waals surface area contributed by atoms with Gasteiger partial charge in [0.25, 0.3) is 12.4 Å². The molecule has 1 aromatic rings. The molecule has 1 aromatic carbocycles. The molecule has 0 aliphatic carbocycles. The largest absolute Gasteiger partial charge is 0.479 e. The molecule has 12 nitrogen and oxygen atoms in total. The normalized spacial score (nSPS) is 19.5. The standard InChI is InChI=1S/C22H28N2O10/c25-8-2-1-3-19(28)23-6-7-24-21(29)16-9-14(12-32-13-26)4-5-17(16)33-20-11-15(27)10-18(34-20)22(30)31/h4-5,8-9,13,15,18,20,27H,1-3,6-7,10-12H2,(H,23,28)(H,24,29)(H,30,31)/t15?,18-,20?/m0/s1. The maximum atomic E-state index is 12.8. The van der Waals surface area contributed by atoms with Crippen LogP contribution in [0.1, 0.15) is 48.0 Å². The second-order valence-corrected chi connectivity index (χ2v) is 7.54. The minimum atomic E-state index is -1.25. The fourth-order valence-corrected chi connectivity index (χ4v) is 3.22. The number of carboxylic acids is 1. The number of amides is 2. The summed E-state index contributed by atoms with van der Waals surface area (Å²) in [7, 11) is 0. The van der Waals surface area contributed by atoms with E-state index in [4.69, 9.17) is 14.2 Å². The van der Waals surface area contributed by atoms with Gasteiger partial charge < -0.3 is 39.9 Å². The zero-order valence-corrected chi connectivity index (χ0v) is 18.4. The van der Waals surface area contributed by atoms with Crippen molar-refractivity contribution in [3.8, 4) is 5.75 Å². The summed E-state index contributed by atoms with van der Waals surface area (Å²) in [5.41, 5.74) is 0.570. The Hall–Kier alpha value is -3.51. The molecule has 2 amide bonds. The zero-order valence-electron chi connectivity index (χ0n) is 18.4. The van der Waals surface area contributed by atoms with E-state index in [2.05, 4.69) is 10.6 Å². The number of carbonyl (C=O) groups excluding carboxylic acids is 4. The maximum absolute atomic E-state index is 12.8. The predicted molar refractivity (Wildman–Crippen MR) is 115 cm³/mol. The number of ether oxygens (including phenoxy) is 3. The summed E-state index contributed by atoms with van der Waals surface area (Å²) in [6.45, 7) is 0.451. The molecule has 34 heavy (non-hydrogen) atoms. The number of hydrogen-bond donors (Lipinski definition) is 4. The average Bonchev–Trinajstić information content (AvgIpc) is 2.80. The van der Waals surface area contributed by atoms with Gasteiger partial charge in [-0.15, -0.1) is 0 Å². The van der Waals surface area contributed by atoms with E-state index in [0.29, 0.717) is 18.4 Å². The number of carboxylic acid groups (broad SMARTS) is 1. The van der Waals surface area contributed by atoms with Crippen molar-refractivity contribution in [1.29, 1.82) is 0 Å². The Morgan fingerprint density at radius 2 is 1.91 bits per heavy atom. The van der Waals surface area contributed by atoms with E-state index >= 15 is 0 Å². The van der Waals surface area contributed by atoms with Crippen LogP contribution in [-0.2, 0) is 35.3 Å². The van der Waals surface area contributed by atoms with Gasteiger partial charge in [-0.25, -0.2) is 4.79 Å². The Balaban J connectivity index is 2.03. The first-order chi connectivity index (χ1) is 16.3. The molecule has 1 heterocycles. The van der Waals surface area contributed by atoms with Crippen LogP contribution in [0.25, 0.3) is 0 Å². The van der Waals surface area contributed by atoms with Crippen LogP contribution in [0.4, 0.5) is 0 Å². The van der Waals surface area contributed by atoms with Gasteiger partial charge in [0.05, 0.1) is 11.7 Å². The smallest absolute Gasteiger partial charge is 0.333 e. The average molecular weight is 480 g/mol. The van der Waals surface area contributed by atoms with Crippen LogP contribution in [0.3, 0.4) is 0 Å². The SMILES string of the molecule is O=CCCCC(=O)NCCNC(=O)c1cc(COC=O)ccc1OC1CC(O)C[C@@H](C(=O)O)O1. The molecule has 1 aliphatic rings. The summed E-state index contributed by atoms with van der Waals surface area (Å²) in [6.07, 6.45) is -1.68. The lowest BCUT2D eigenvalue weighted by Gasteiger charge is -2.31. The first-order valence-electron chi connectivity index (χ1n) is 10.7. The van der Waals surface area contributed by atoms with Gasteiger partial charge in [0.2, 0.25) is 12.2 Å². The lowest BCUT2D eigenvalue weighted by atomic mass is 10.0. The lowest BCUT2D eigenvalue weighted by Crippen LogP contribution is -2.42. The number of aliphatic carboxylic acids is 1. The number of aliphatic hydroxyl groups is 1. The Labute approximate surface area is 195 Å². The van der Waals surface area contributed by atoms with E-state index in [-0.39, 0.29) is 62.7 Å². The van der Waals surface area contributed by atoms with E-state index in [9.17, 15) is 34.2 Å². The monoisotopic (exact) mass is 480 g/mol. The number of benzene rings is 1. The Morgan fingerprint density at radius 3 is 2.62 bits per heavy atom. The number of aldehydes is 1. The van der Waals surface area contributed by atoms with E-state index < -0.39 is 30.4 Å². The topological polar surface area (TPSA) is 178 Å². The summed E-state index contributed by atoms with van der Waals surface area (Å²) in [5.74, 6) is -1.95. The summed E-state index contributed by atoms with van der Waals surface area (Å²) in [6, 6.07) is 4.45. The highest BCUT2D eigenvalue weighted by atomic mass is 16.7. The Kier molecular flexibility index (Phi) is 10.9. The number of carbonyl (C=O) groups is 5.